The predicted molar refractivity (Wildman–Crippen MR) is 120 cm³/mol. The highest BCUT2D eigenvalue weighted by molar-refractivity contribution is 7.90. The minimum Gasteiger partial charge on any atom is -0.378 e. The van der Waals surface area contributed by atoms with Crippen molar-refractivity contribution in [3.63, 3.8) is 0 Å². The second kappa shape index (κ2) is 9.88. The van der Waals surface area contributed by atoms with Crippen LogP contribution in [0.5, 0.6) is 0 Å². The van der Waals surface area contributed by atoms with Gasteiger partial charge in [0.15, 0.2) is 9.84 Å². The summed E-state index contributed by atoms with van der Waals surface area (Å²) in [6.45, 7) is 0.419. The van der Waals surface area contributed by atoms with Gasteiger partial charge in [-0.15, -0.1) is 0 Å². The molecular formula is C21H21N5O5S. The molecule has 1 aromatic heterocycles. The Hall–Kier alpha value is -3.99. The largest absolute Gasteiger partial charge is 0.378 e. The van der Waals surface area contributed by atoms with E-state index in [9.17, 15) is 23.3 Å². The van der Waals surface area contributed by atoms with Gasteiger partial charge in [-0.1, -0.05) is 18.2 Å². The Morgan fingerprint density at radius 2 is 1.94 bits per heavy atom. The smallest absolute Gasteiger partial charge is 0.293 e. The van der Waals surface area contributed by atoms with E-state index in [-0.39, 0.29) is 35.3 Å². The number of nitro groups is 1. The number of anilines is 1. The van der Waals surface area contributed by atoms with Crippen LogP contribution in [0.1, 0.15) is 5.56 Å². The quantitative estimate of drug-likeness (QED) is 0.219. The number of hydrogen-bond acceptors (Lipinski definition) is 7. The molecule has 3 aromatic rings. The predicted octanol–water partition coefficient (Wildman–Crippen LogP) is 2.43. The maximum Gasteiger partial charge on any atom is 0.293 e. The number of nitrogens with one attached hydrogen (secondary N) is 2. The second-order valence-corrected chi connectivity index (χ2v) is 8.83. The van der Waals surface area contributed by atoms with Gasteiger partial charge in [0, 0.05) is 43.2 Å². The lowest BCUT2D eigenvalue weighted by molar-refractivity contribution is -0.384. The highest BCUT2D eigenvalue weighted by Gasteiger charge is 2.18. The average Bonchev–Trinajstić information content (AvgIpc) is 3.24. The van der Waals surface area contributed by atoms with Crippen molar-refractivity contribution >= 4 is 33.2 Å². The summed E-state index contributed by atoms with van der Waals surface area (Å²) in [7, 11) is -3.56. The van der Waals surface area contributed by atoms with Gasteiger partial charge in [-0.05, 0) is 30.3 Å². The van der Waals surface area contributed by atoms with E-state index < -0.39 is 14.8 Å². The monoisotopic (exact) mass is 455 g/mol. The molecule has 0 aliphatic rings. The molecule has 0 aliphatic heterocycles. The van der Waals surface area contributed by atoms with E-state index >= 15 is 0 Å². The number of benzene rings is 2. The van der Waals surface area contributed by atoms with Gasteiger partial charge in [0.2, 0.25) is 5.91 Å². The number of aromatic nitrogens is 2. The number of para-hydroxylation sites is 1. The molecule has 3 rings (SSSR count). The van der Waals surface area contributed by atoms with Crippen molar-refractivity contribution < 1.29 is 18.1 Å². The standard InChI is InChI=1S/C21H21N5O5S/c1-32(30,31)18-8-9-19(20(13-18)26(28)29)22-11-12-23-21(27)10-7-16-14-24-25(15-16)17-5-3-2-4-6-17/h2-10,13-15,22H,11-12H2,1H3,(H,23,27)/b10-7+. The van der Waals surface area contributed by atoms with E-state index in [0.717, 1.165) is 23.6 Å². The molecule has 0 unspecified atom stereocenters. The Balaban J connectivity index is 1.51. The Bertz CT molecular complexity index is 1250. The van der Waals surface area contributed by atoms with E-state index in [1.54, 1.807) is 23.2 Å². The molecule has 32 heavy (non-hydrogen) atoms. The van der Waals surface area contributed by atoms with Crippen LogP contribution in [0.25, 0.3) is 11.8 Å². The summed E-state index contributed by atoms with van der Waals surface area (Å²) in [5.74, 6) is -0.332. The number of carbonyl (C=O) groups excluding carboxylic acids is 1. The maximum atomic E-state index is 12.0. The Morgan fingerprint density at radius 1 is 1.19 bits per heavy atom. The van der Waals surface area contributed by atoms with Crippen LogP contribution in [0, 0.1) is 10.1 Å². The molecule has 10 nitrogen and oxygen atoms in total. The molecule has 2 N–H and O–H groups in total. The molecule has 0 radical (unpaired) electrons. The molecule has 0 saturated carbocycles. The van der Waals surface area contributed by atoms with Gasteiger partial charge in [-0.2, -0.15) is 5.10 Å². The minimum atomic E-state index is -3.56. The Labute approximate surface area is 184 Å². The minimum absolute atomic E-state index is 0.135. The van der Waals surface area contributed by atoms with E-state index in [4.69, 9.17) is 0 Å². The first kappa shape index (κ1) is 22.7. The zero-order valence-electron chi connectivity index (χ0n) is 17.1. The molecule has 166 valence electrons. The van der Waals surface area contributed by atoms with Crippen molar-refractivity contribution in [1.82, 2.24) is 15.1 Å². The van der Waals surface area contributed by atoms with Crippen molar-refractivity contribution in [2.24, 2.45) is 0 Å². The first-order valence-corrected chi connectivity index (χ1v) is 11.4. The number of rotatable bonds is 9. The summed E-state index contributed by atoms with van der Waals surface area (Å²) >= 11 is 0. The highest BCUT2D eigenvalue weighted by atomic mass is 32.2. The third-order valence-corrected chi connectivity index (χ3v) is 5.49. The van der Waals surface area contributed by atoms with E-state index in [1.165, 1.54) is 18.2 Å². The van der Waals surface area contributed by atoms with Gasteiger partial charge >= 0.3 is 0 Å². The molecule has 1 heterocycles. The van der Waals surface area contributed by atoms with Crippen molar-refractivity contribution in [2.75, 3.05) is 24.7 Å². The maximum absolute atomic E-state index is 12.0. The lowest BCUT2D eigenvalue weighted by Gasteiger charge is -2.08. The fraction of sp³-hybridized carbons (Fsp3) is 0.143. The van der Waals surface area contributed by atoms with Gasteiger partial charge in [-0.3, -0.25) is 14.9 Å². The lowest BCUT2D eigenvalue weighted by Crippen LogP contribution is -2.27. The summed E-state index contributed by atoms with van der Waals surface area (Å²) in [6.07, 6.45) is 7.41. The third kappa shape index (κ3) is 6.01. The molecule has 0 bridgehead atoms. The molecule has 0 saturated heterocycles. The molecule has 0 fully saturated rings. The summed E-state index contributed by atoms with van der Waals surface area (Å²) in [5, 5.41) is 21.0. The van der Waals surface area contributed by atoms with Gasteiger partial charge in [-0.25, -0.2) is 13.1 Å². The van der Waals surface area contributed by atoms with Crippen molar-refractivity contribution in [1.29, 1.82) is 0 Å². The van der Waals surface area contributed by atoms with E-state index in [0.29, 0.717) is 0 Å². The van der Waals surface area contributed by atoms with Gasteiger partial charge in [0.25, 0.3) is 5.69 Å². The molecule has 2 aromatic carbocycles. The first-order valence-electron chi connectivity index (χ1n) is 9.52. The van der Waals surface area contributed by atoms with Crippen LogP contribution in [0.15, 0.2) is 71.9 Å². The average molecular weight is 455 g/mol. The number of nitro benzene ring substituents is 1. The number of nitrogens with zero attached hydrogens (tertiary/aromatic N) is 3. The molecule has 0 atom stereocenters. The van der Waals surface area contributed by atoms with Crippen LogP contribution in [-0.4, -0.2) is 48.4 Å². The summed E-state index contributed by atoms with van der Waals surface area (Å²) in [5.41, 5.74) is 1.47. The van der Waals surface area contributed by atoms with Crippen LogP contribution in [0.3, 0.4) is 0 Å². The van der Waals surface area contributed by atoms with Crippen LogP contribution >= 0.6 is 0 Å². The zero-order chi connectivity index (χ0) is 23.1. The van der Waals surface area contributed by atoms with Crippen molar-refractivity contribution in [3.05, 3.63) is 82.7 Å². The fourth-order valence-electron chi connectivity index (χ4n) is 2.80. The van der Waals surface area contributed by atoms with Gasteiger partial charge in [0.05, 0.1) is 21.7 Å². The highest BCUT2D eigenvalue weighted by Crippen LogP contribution is 2.27. The van der Waals surface area contributed by atoms with Gasteiger partial charge in [0.1, 0.15) is 5.69 Å². The van der Waals surface area contributed by atoms with Crippen LogP contribution < -0.4 is 10.6 Å². The van der Waals surface area contributed by atoms with Crippen molar-refractivity contribution in [2.45, 2.75) is 4.90 Å². The second-order valence-electron chi connectivity index (χ2n) is 6.81. The molecule has 0 aliphatic carbocycles. The van der Waals surface area contributed by atoms with E-state index in [2.05, 4.69) is 15.7 Å². The first-order chi connectivity index (χ1) is 15.2. The third-order valence-electron chi connectivity index (χ3n) is 4.38. The van der Waals surface area contributed by atoms with Gasteiger partial charge < -0.3 is 10.6 Å². The number of sulfone groups is 1. The fourth-order valence-corrected chi connectivity index (χ4v) is 3.44. The summed E-state index contributed by atoms with van der Waals surface area (Å²) < 4.78 is 24.9. The lowest BCUT2D eigenvalue weighted by atomic mass is 10.2. The normalized spacial score (nSPS) is 11.4. The zero-order valence-corrected chi connectivity index (χ0v) is 18.0. The number of carbonyl (C=O) groups is 1. The SMILES string of the molecule is CS(=O)(=O)c1ccc(NCCNC(=O)/C=C/c2cnn(-c3ccccc3)c2)c([N+](=O)[O-])c1. The Morgan fingerprint density at radius 3 is 2.62 bits per heavy atom. The molecule has 11 heteroatoms. The molecular weight excluding hydrogens is 434 g/mol. The number of amides is 1. The van der Waals surface area contributed by atoms with Crippen LogP contribution in [-0.2, 0) is 14.6 Å². The summed E-state index contributed by atoms with van der Waals surface area (Å²) in [6, 6.07) is 13.2. The summed E-state index contributed by atoms with van der Waals surface area (Å²) in [4.78, 5) is 22.5. The van der Waals surface area contributed by atoms with Crippen molar-refractivity contribution in [3.8, 4) is 5.69 Å². The topological polar surface area (TPSA) is 136 Å². The Kier molecular flexibility index (Phi) is 7.00. The molecule has 0 spiro atoms. The number of hydrogen-bond donors (Lipinski definition) is 2. The molecule has 1 amide bonds. The van der Waals surface area contributed by atoms with Crippen LogP contribution in [0.4, 0.5) is 11.4 Å². The van der Waals surface area contributed by atoms with Crippen LogP contribution in [0.2, 0.25) is 0 Å². The van der Waals surface area contributed by atoms with E-state index in [1.807, 2.05) is 30.3 Å².